The highest BCUT2D eigenvalue weighted by Gasteiger charge is 2.44. The van der Waals surface area contributed by atoms with Crippen molar-refractivity contribution in [3.05, 3.63) is 59.8 Å². The molecule has 0 amide bonds. The number of hydrogen-bond donors (Lipinski definition) is 3. The van der Waals surface area contributed by atoms with E-state index in [1.54, 1.807) is 13.0 Å². The summed E-state index contributed by atoms with van der Waals surface area (Å²) in [6, 6.07) is 1.64. The largest absolute Gasteiger partial charge is 0.506 e. The number of fused-ring (bicyclic) bond motifs is 6. The van der Waals surface area contributed by atoms with Gasteiger partial charge < -0.3 is 38.7 Å². The van der Waals surface area contributed by atoms with E-state index in [1.165, 1.54) is 28.1 Å². The third-order valence-electron chi connectivity index (χ3n) is 9.16. The number of phenolic OH excluding ortho intramolecular Hbond substituents is 2. The number of hydrogen-bond acceptors (Lipinski definition) is 12. The molecule has 0 spiro atoms. The molecule has 0 fully saturated rings. The number of aromatic nitrogens is 1. The maximum Gasteiger partial charge on any atom is 0.282 e. The summed E-state index contributed by atoms with van der Waals surface area (Å²) < 4.78 is 30.0. The molecule has 0 unspecified atom stereocenters. The first-order chi connectivity index (χ1) is 21.9. The highest BCUT2D eigenvalue weighted by Crippen LogP contribution is 2.58. The van der Waals surface area contributed by atoms with Crippen molar-refractivity contribution in [2.45, 2.75) is 58.0 Å². The second kappa shape index (κ2) is 10.6. The Labute approximate surface area is 265 Å². The van der Waals surface area contributed by atoms with E-state index >= 15 is 0 Å². The van der Waals surface area contributed by atoms with Crippen LogP contribution in [0.5, 0.6) is 17.2 Å². The summed E-state index contributed by atoms with van der Waals surface area (Å²) in [4.78, 5) is 40.0. The summed E-state index contributed by atoms with van der Waals surface area (Å²) >= 11 is 6.73. The van der Waals surface area contributed by atoms with Crippen LogP contribution in [0.25, 0.3) is 32.9 Å². The number of ketones is 1. The predicted molar refractivity (Wildman–Crippen MR) is 165 cm³/mol. The van der Waals surface area contributed by atoms with Gasteiger partial charge in [-0.1, -0.05) is 11.6 Å². The standard InChI is InChI=1S/C32H29ClN2O11/c1-10(12(3)36)34-35-11(2)24(33)14-6-13-7-17-20-22(18(13)25(38)19(14)32(35)41)27(40)23-26(39)21-16(42-4)8-15(37)28(43-5)30(21)46-31(23)29(20)45-9-44-17/h6,15-17,28,37-38,40H,7-9H2,1-5H3/b34-10+/t15-,16+,17+,28+/m0/s1. The summed E-state index contributed by atoms with van der Waals surface area (Å²) in [5, 5.41) is 38.6. The van der Waals surface area contributed by atoms with Crippen molar-refractivity contribution in [1.82, 2.24) is 4.68 Å². The summed E-state index contributed by atoms with van der Waals surface area (Å²) in [6.07, 6.45) is -3.36. The van der Waals surface area contributed by atoms with Crippen LogP contribution in [0, 0.1) is 6.92 Å². The summed E-state index contributed by atoms with van der Waals surface area (Å²) in [7, 11) is 2.77. The van der Waals surface area contributed by atoms with Gasteiger partial charge in [0.2, 0.25) is 5.43 Å². The van der Waals surface area contributed by atoms with E-state index < -0.39 is 46.9 Å². The van der Waals surface area contributed by atoms with Crippen LogP contribution in [-0.4, -0.2) is 58.6 Å². The SMILES string of the molecule is CO[C@@H]1C[C@H](O)[C@@H](OC)c2oc3c4c5c(c(O)c3c(=O)c21)-c1c(cc2c(Cl)c(C)n(/N=C(\C)C(C)=O)c(=O)c2c1O)C[C@H]5OCO4. The summed E-state index contributed by atoms with van der Waals surface area (Å²) in [5.74, 6) is -1.25. The zero-order valence-corrected chi connectivity index (χ0v) is 26.1. The average molecular weight is 653 g/mol. The van der Waals surface area contributed by atoms with Crippen molar-refractivity contribution in [1.29, 1.82) is 0 Å². The number of Topliss-reactive ketones (excluding diaryl/α,β-unsaturated/α-hetero) is 1. The molecule has 0 saturated heterocycles. The summed E-state index contributed by atoms with van der Waals surface area (Å²) in [5.41, 5.74) is -0.198. The molecule has 240 valence electrons. The molecule has 4 atom stereocenters. The van der Waals surface area contributed by atoms with E-state index in [4.69, 9.17) is 35.0 Å². The molecule has 46 heavy (non-hydrogen) atoms. The molecule has 0 saturated carbocycles. The monoisotopic (exact) mass is 652 g/mol. The maximum atomic E-state index is 14.2. The molecule has 3 N–H and O–H groups in total. The van der Waals surface area contributed by atoms with Gasteiger partial charge in [0.05, 0.1) is 40.0 Å². The van der Waals surface area contributed by atoms with Crippen LogP contribution >= 0.6 is 11.6 Å². The van der Waals surface area contributed by atoms with Gasteiger partial charge in [-0.15, -0.1) is 0 Å². The Balaban J connectivity index is 1.61. The van der Waals surface area contributed by atoms with Gasteiger partial charge in [-0.2, -0.15) is 9.78 Å². The number of halogens is 1. The Morgan fingerprint density at radius 2 is 1.80 bits per heavy atom. The van der Waals surface area contributed by atoms with Crippen LogP contribution in [-0.2, 0) is 25.4 Å². The van der Waals surface area contributed by atoms with Crippen LogP contribution in [0.3, 0.4) is 0 Å². The average Bonchev–Trinajstić information content (AvgIpc) is 3.02. The van der Waals surface area contributed by atoms with Crippen molar-refractivity contribution in [3.8, 4) is 28.4 Å². The predicted octanol–water partition coefficient (Wildman–Crippen LogP) is 4.06. The number of methoxy groups -OCH3 is 2. The van der Waals surface area contributed by atoms with Crippen LogP contribution in [0.15, 0.2) is 25.2 Å². The summed E-state index contributed by atoms with van der Waals surface area (Å²) in [6.45, 7) is 4.12. The van der Waals surface area contributed by atoms with Crippen LogP contribution in [0.1, 0.15) is 66.7 Å². The van der Waals surface area contributed by atoms with Gasteiger partial charge in [-0.25, -0.2) is 0 Å². The Morgan fingerprint density at radius 3 is 2.48 bits per heavy atom. The van der Waals surface area contributed by atoms with E-state index in [9.17, 15) is 29.7 Å². The normalized spacial score (nSPS) is 21.9. The van der Waals surface area contributed by atoms with Crippen LogP contribution < -0.4 is 15.7 Å². The minimum absolute atomic E-state index is 0.0271. The van der Waals surface area contributed by atoms with Crippen molar-refractivity contribution < 1.29 is 43.5 Å². The van der Waals surface area contributed by atoms with E-state index in [2.05, 4.69) is 5.10 Å². The molecule has 1 aliphatic heterocycles. The van der Waals surface area contributed by atoms with Crippen LogP contribution in [0.2, 0.25) is 5.02 Å². The number of carbonyl (C=O) groups is 1. The maximum absolute atomic E-state index is 14.2. The van der Waals surface area contributed by atoms with E-state index in [0.717, 1.165) is 4.68 Å². The molecule has 13 nitrogen and oxygen atoms in total. The molecular weight excluding hydrogens is 624 g/mol. The highest BCUT2D eigenvalue weighted by molar-refractivity contribution is 6.38. The van der Waals surface area contributed by atoms with Gasteiger partial charge in [-0.3, -0.25) is 14.4 Å². The van der Waals surface area contributed by atoms with Gasteiger partial charge in [0.1, 0.15) is 34.5 Å². The third kappa shape index (κ3) is 4.02. The van der Waals surface area contributed by atoms with Gasteiger partial charge in [-0.05, 0) is 25.5 Å². The first-order valence-electron chi connectivity index (χ1n) is 14.4. The van der Waals surface area contributed by atoms with Gasteiger partial charge in [0.25, 0.3) is 5.56 Å². The minimum atomic E-state index is -1.04. The molecule has 0 radical (unpaired) electrons. The molecule has 2 aliphatic carbocycles. The molecule has 14 heteroatoms. The molecule has 2 aromatic heterocycles. The van der Waals surface area contributed by atoms with Crippen LogP contribution in [0.4, 0.5) is 0 Å². The second-order valence-electron chi connectivity index (χ2n) is 11.6. The Morgan fingerprint density at radius 1 is 1.09 bits per heavy atom. The first kappa shape index (κ1) is 30.4. The fourth-order valence-electron chi connectivity index (χ4n) is 6.82. The fourth-order valence-corrected chi connectivity index (χ4v) is 7.05. The fraction of sp³-hybridized carbons (Fsp3) is 0.375. The number of carbonyl (C=O) groups excluding carboxylic acids is 1. The topological polar surface area (TPSA) is 179 Å². The Hall–Kier alpha value is -4.27. The minimum Gasteiger partial charge on any atom is -0.506 e. The zero-order valence-electron chi connectivity index (χ0n) is 25.4. The Bertz CT molecular complexity index is 2180. The number of aromatic hydroxyl groups is 2. The van der Waals surface area contributed by atoms with E-state index in [0.29, 0.717) is 11.1 Å². The van der Waals surface area contributed by atoms with Crippen molar-refractivity contribution >= 4 is 44.8 Å². The number of nitrogens with zero attached hydrogens (tertiary/aromatic N) is 2. The lowest BCUT2D eigenvalue weighted by atomic mass is 9.79. The van der Waals surface area contributed by atoms with Crippen molar-refractivity contribution in [2.75, 3.05) is 21.0 Å². The molecule has 3 aliphatic rings. The molecule has 3 heterocycles. The molecule has 0 bridgehead atoms. The molecular formula is C32H29ClN2O11. The third-order valence-corrected chi connectivity index (χ3v) is 9.64. The number of rotatable bonds is 4. The Kier molecular flexibility index (Phi) is 7.03. The van der Waals surface area contributed by atoms with Crippen molar-refractivity contribution in [3.63, 3.8) is 0 Å². The molecule has 7 rings (SSSR count). The quantitative estimate of drug-likeness (QED) is 0.271. The number of aliphatic hydroxyl groups is 1. The number of aliphatic hydroxyl groups excluding tert-OH is 1. The van der Waals surface area contributed by atoms with Gasteiger partial charge in [0.15, 0.2) is 23.9 Å². The number of phenols is 2. The van der Waals surface area contributed by atoms with Gasteiger partial charge >= 0.3 is 0 Å². The van der Waals surface area contributed by atoms with Gasteiger partial charge in [0, 0.05) is 56.1 Å². The lowest BCUT2D eigenvalue weighted by Gasteiger charge is -2.36. The zero-order chi connectivity index (χ0) is 32.9. The van der Waals surface area contributed by atoms with Crippen molar-refractivity contribution in [2.24, 2.45) is 5.10 Å². The molecule has 4 aromatic rings. The number of ether oxygens (including phenoxy) is 4. The number of pyridine rings is 1. The smallest absolute Gasteiger partial charge is 0.282 e. The highest BCUT2D eigenvalue weighted by atomic mass is 35.5. The van der Waals surface area contributed by atoms with E-state index in [1.807, 2.05) is 0 Å². The second-order valence-corrected chi connectivity index (χ2v) is 12.0. The lowest BCUT2D eigenvalue weighted by molar-refractivity contribution is -0.111. The lowest BCUT2D eigenvalue weighted by Crippen LogP contribution is -2.34. The van der Waals surface area contributed by atoms with E-state index in [-0.39, 0.29) is 91.8 Å². The number of benzene rings is 2. The first-order valence-corrected chi connectivity index (χ1v) is 14.8. The molecule has 2 aromatic carbocycles.